The molecule has 4 nitrogen and oxygen atoms in total. The number of ketones is 1. The number of aryl methyl sites for hydroxylation is 1. The first-order valence-electron chi connectivity index (χ1n) is 10.2. The van der Waals surface area contributed by atoms with Crippen molar-refractivity contribution in [2.45, 2.75) is 32.6 Å². The lowest BCUT2D eigenvalue weighted by molar-refractivity contribution is -0.118. The zero-order valence-electron chi connectivity index (χ0n) is 17.6. The number of carbonyl (C=O) groups is 2. The van der Waals surface area contributed by atoms with Gasteiger partial charge in [0.15, 0.2) is 5.78 Å². The first-order valence-corrected chi connectivity index (χ1v) is 10.6. The molecule has 0 aliphatic carbocycles. The average Bonchev–Trinajstić information content (AvgIpc) is 2.78. The molecule has 3 aromatic rings. The van der Waals surface area contributed by atoms with Crippen LogP contribution in [0, 0.1) is 5.82 Å². The standard InChI is InChI=1S/C25H24ClFN2O2/c1-3-5-24(31)29(2)22-13-11-20(16-21(22)27)17-7-9-18(10-8-17)23(30)14-12-19-6-4-15-28-25(19)26/h4,6-11,13,15-16H,3,5,12,14H2,1-2H3. The number of hydrogen-bond donors (Lipinski definition) is 0. The third-order valence-corrected chi connectivity index (χ3v) is 5.49. The van der Waals surface area contributed by atoms with Crippen molar-refractivity contribution in [1.82, 2.24) is 4.98 Å². The minimum absolute atomic E-state index is 0.00376. The number of Topliss-reactive ketones (excluding diaryl/α,β-unsaturated/α-hetero) is 1. The van der Waals surface area contributed by atoms with E-state index in [4.69, 9.17) is 11.6 Å². The first kappa shape index (κ1) is 22.6. The molecule has 0 radical (unpaired) electrons. The van der Waals surface area contributed by atoms with Crippen LogP contribution in [0.3, 0.4) is 0 Å². The van der Waals surface area contributed by atoms with E-state index in [0.29, 0.717) is 42.0 Å². The van der Waals surface area contributed by atoms with E-state index < -0.39 is 5.82 Å². The van der Waals surface area contributed by atoms with Crippen LogP contribution in [-0.4, -0.2) is 23.7 Å². The van der Waals surface area contributed by atoms with Gasteiger partial charge in [-0.25, -0.2) is 9.37 Å². The summed E-state index contributed by atoms with van der Waals surface area (Å²) in [6.45, 7) is 1.91. The molecular formula is C25H24ClFN2O2. The molecule has 6 heteroatoms. The molecule has 1 amide bonds. The van der Waals surface area contributed by atoms with Gasteiger partial charge in [-0.2, -0.15) is 0 Å². The molecule has 0 unspecified atom stereocenters. The van der Waals surface area contributed by atoms with Gasteiger partial charge in [-0.05, 0) is 47.7 Å². The molecule has 0 N–H and O–H groups in total. The summed E-state index contributed by atoms with van der Waals surface area (Å²) in [5, 5.41) is 0.415. The van der Waals surface area contributed by atoms with E-state index in [2.05, 4.69) is 4.98 Å². The largest absolute Gasteiger partial charge is 0.313 e. The second-order valence-corrected chi connectivity index (χ2v) is 7.68. The maximum Gasteiger partial charge on any atom is 0.226 e. The van der Waals surface area contributed by atoms with Crippen LogP contribution < -0.4 is 4.90 Å². The van der Waals surface area contributed by atoms with Gasteiger partial charge in [-0.15, -0.1) is 0 Å². The zero-order valence-corrected chi connectivity index (χ0v) is 18.3. The fourth-order valence-corrected chi connectivity index (χ4v) is 3.54. The van der Waals surface area contributed by atoms with Gasteiger partial charge in [0, 0.05) is 31.6 Å². The number of aromatic nitrogens is 1. The Labute approximate surface area is 186 Å². The topological polar surface area (TPSA) is 50.3 Å². The van der Waals surface area contributed by atoms with Crippen LogP contribution >= 0.6 is 11.6 Å². The predicted octanol–water partition coefficient (Wildman–Crippen LogP) is 6.12. The van der Waals surface area contributed by atoms with Crippen LogP contribution in [0.15, 0.2) is 60.8 Å². The number of anilines is 1. The minimum Gasteiger partial charge on any atom is -0.313 e. The van der Waals surface area contributed by atoms with E-state index >= 15 is 0 Å². The second-order valence-electron chi connectivity index (χ2n) is 7.32. The van der Waals surface area contributed by atoms with Crippen molar-refractivity contribution < 1.29 is 14.0 Å². The number of pyridine rings is 1. The SMILES string of the molecule is CCCC(=O)N(C)c1ccc(-c2ccc(C(=O)CCc3cccnc3Cl)cc2)cc1F. The van der Waals surface area contributed by atoms with Crippen molar-refractivity contribution in [1.29, 1.82) is 0 Å². The maximum atomic E-state index is 14.6. The van der Waals surface area contributed by atoms with E-state index in [1.54, 1.807) is 55.7 Å². The number of benzene rings is 2. The summed E-state index contributed by atoms with van der Waals surface area (Å²) in [4.78, 5) is 29.9. The molecule has 0 saturated heterocycles. The Bertz CT molecular complexity index is 1080. The minimum atomic E-state index is -0.460. The van der Waals surface area contributed by atoms with Crippen LogP contribution in [0.5, 0.6) is 0 Å². The Morgan fingerprint density at radius 3 is 2.39 bits per heavy atom. The monoisotopic (exact) mass is 438 g/mol. The molecule has 0 aliphatic heterocycles. The zero-order chi connectivity index (χ0) is 22.4. The molecule has 0 atom stereocenters. The smallest absolute Gasteiger partial charge is 0.226 e. The molecule has 0 saturated carbocycles. The Morgan fingerprint density at radius 2 is 1.74 bits per heavy atom. The van der Waals surface area contributed by atoms with Crippen molar-refractivity contribution in [3.63, 3.8) is 0 Å². The van der Waals surface area contributed by atoms with Gasteiger partial charge in [-0.3, -0.25) is 9.59 Å². The van der Waals surface area contributed by atoms with Gasteiger partial charge in [0.05, 0.1) is 5.69 Å². The van der Waals surface area contributed by atoms with Crippen molar-refractivity contribution in [3.05, 3.63) is 82.9 Å². The van der Waals surface area contributed by atoms with E-state index in [1.165, 1.54) is 11.0 Å². The van der Waals surface area contributed by atoms with Crippen LogP contribution in [0.4, 0.5) is 10.1 Å². The number of rotatable bonds is 8. The summed E-state index contributed by atoms with van der Waals surface area (Å²) in [5.41, 5.74) is 3.15. The molecule has 1 aromatic heterocycles. The highest BCUT2D eigenvalue weighted by atomic mass is 35.5. The summed E-state index contributed by atoms with van der Waals surface area (Å²) in [7, 11) is 1.58. The van der Waals surface area contributed by atoms with Crippen LogP contribution in [0.25, 0.3) is 11.1 Å². The Hall–Kier alpha value is -3.05. The summed E-state index contributed by atoms with van der Waals surface area (Å²) < 4.78 is 14.6. The third-order valence-electron chi connectivity index (χ3n) is 5.14. The van der Waals surface area contributed by atoms with E-state index in [-0.39, 0.29) is 17.4 Å². The Balaban J connectivity index is 1.69. The van der Waals surface area contributed by atoms with Gasteiger partial charge in [-0.1, -0.05) is 54.9 Å². The maximum absolute atomic E-state index is 14.6. The lowest BCUT2D eigenvalue weighted by atomic mass is 9.99. The highest BCUT2D eigenvalue weighted by molar-refractivity contribution is 6.30. The van der Waals surface area contributed by atoms with E-state index in [0.717, 1.165) is 11.1 Å². The average molecular weight is 439 g/mol. The molecular weight excluding hydrogens is 415 g/mol. The molecule has 160 valence electrons. The van der Waals surface area contributed by atoms with Crippen molar-refractivity contribution >= 4 is 29.0 Å². The van der Waals surface area contributed by atoms with Gasteiger partial charge < -0.3 is 4.90 Å². The normalized spacial score (nSPS) is 10.7. The lowest BCUT2D eigenvalue weighted by Gasteiger charge is -2.18. The van der Waals surface area contributed by atoms with Crippen molar-refractivity contribution in [3.8, 4) is 11.1 Å². The molecule has 0 spiro atoms. The fourth-order valence-electron chi connectivity index (χ4n) is 3.32. The van der Waals surface area contributed by atoms with Crippen LogP contribution in [0.1, 0.15) is 42.1 Å². The molecule has 31 heavy (non-hydrogen) atoms. The molecule has 0 bridgehead atoms. The second kappa shape index (κ2) is 10.3. The lowest BCUT2D eigenvalue weighted by Crippen LogP contribution is -2.26. The number of nitrogens with zero attached hydrogens (tertiary/aromatic N) is 2. The number of hydrogen-bond acceptors (Lipinski definition) is 3. The quantitative estimate of drug-likeness (QED) is 0.314. The third kappa shape index (κ3) is 5.56. The van der Waals surface area contributed by atoms with Gasteiger partial charge >= 0.3 is 0 Å². The Kier molecular flexibility index (Phi) is 7.53. The first-order chi connectivity index (χ1) is 14.9. The van der Waals surface area contributed by atoms with Gasteiger partial charge in [0.25, 0.3) is 0 Å². The highest BCUT2D eigenvalue weighted by Gasteiger charge is 2.15. The molecule has 0 aliphatic rings. The summed E-state index contributed by atoms with van der Waals surface area (Å²) in [6.07, 6.45) is 3.54. The van der Waals surface area contributed by atoms with E-state index in [1.807, 2.05) is 13.0 Å². The number of amides is 1. The number of halogens is 2. The molecule has 0 fully saturated rings. The van der Waals surface area contributed by atoms with E-state index in [9.17, 15) is 14.0 Å². The molecule has 3 rings (SSSR count). The van der Waals surface area contributed by atoms with Crippen LogP contribution in [-0.2, 0) is 11.2 Å². The van der Waals surface area contributed by atoms with Gasteiger partial charge in [0.2, 0.25) is 5.91 Å². The van der Waals surface area contributed by atoms with Crippen LogP contribution in [0.2, 0.25) is 5.15 Å². The van der Waals surface area contributed by atoms with Crippen molar-refractivity contribution in [2.24, 2.45) is 0 Å². The molecule has 1 heterocycles. The summed E-state index contributed by atoms with van der Waals surface area (Å²) >= 11 is 6.04. The fraction of sp³-hybridized carbons (Fsp3) is 0.240. The summed E-state index contributed by atoms with van der Waals surface area (Å²) in [6, 6.07) is 15.5. The number of carbonyl (C=O) groups excluding carboxylic acids is 2. The molecule has 2 aromatic carbocycles. The highest BCUT2D eigenvalue weighted by Crippen LogP contribution is 2.27. The predicted molar refractivity (Wildman–Crippen MR) is 122 cm³/mol. The van der Waals surface area contributed by atoms with Crippen molar-refractivity contribution in [2.75, 3.05) is 11.9 Å². The summed E-state index contributed by atoms with van der Waals surface area (Å²) in [5.74, 6) is -0.577. The Morgan fingerprint density at radius 1 is 1.03 bits per heavy atom. The van der Waals surface area contributed by atoms with Gasteiger partial charge in [0.1, 0.15) is 11.0 Å².